The molecule has 0 amide bonds. The Morgan fingerprint density at radius 2 is 2.00 bits per heavy atom. The van der Waals surface area contributed by atoms with Gasteiger partial charge in [-0.2, -0.15) is 9.97 Å². The lowest BCUT2D eigenvalue weighted by Crippen LogP contribution is -2.10. The Hall–Kier alpha value is -2.51. The van der Waals surface area contributed by atoms with Crippen LogP contribution in [0.4, 0.5) is 17.5 Å². The SMILES string of the molecule is Cc1ccc(Nc2nc(NCCO)nc3nccnc23)cc1Cl. The van der Waals surface area contributed by atoms with E-state index in [1.165, 1.54) is 0 Å². The summed E-state index contributed by atoms with van der Waals surface area (Å²) in [5.41, 5.74) is 2.80. The molecule has 23 heavy (non-hydrogen) atoms. The van der Waals surface area contributed by atoms with Gasteiger partial charge in [-0.05, 0) is 24.6 Å². The highest BCUT2D eigenvalue weighted by atomic mass is 35.5. The molecule has 7 nitrogen and oxygen atoms in total. The molecule has 3 aromatic rings. The molecule has 118 valence electrons. The van der Waals surface area contributed by atoms with Gasteiger partial charge in [-0.1, -0.05) is 17.7 Å². The van der Waals surface area contributed by atoms with Crippen LogP contribution in [0.3, 0.4) is 0 Å². The van der Waals surface area contributed by atoms with E-state index in [0.29, 0.717) is 34.5 Å². The van der Waals surface area contributed by atoms with Gasteiger partial charge < -0.3 is 15.7 Å². The Balaban J connectivity index is 2.01. The highest BCUT2D eigenvalue weighted by Gasteiger charge is 2.10. The molecule has 1 aromatic carbocycles. The highest BCUT2D eigenvalue weighted by Crippen LogP contribution is 2.25. The molecule has 0 aliphatic carbocycles. The minimum Gasteiger partial charge on any atom is -0.395 e. The molecule has 2 aromatic heterocycles. The predicted octanol–water partition coefficient (Wildman–Crippen LogP) is 2.53. The van der Waals surface area contributed by atoms with E-state index in [-0.39, 0.29) is 6.61 Å². The molecule has 0 aliphatic rings. The number of halogens is 1. The molecule has 3 rings (SSSR count). The second-order valence-corrected chi connectivity index (χ2v) is 5.27. The van der Waals surface area contributed by atoms with Crippen LogP contribution in [0, 0.1) is 6.92 Å². The first-order valence-electron chi connectivity index (χ1n) is 7.04. The van der Waals surface area contributed by atoms with Crippen LogP contribution in [-0.2, 0) is 0 Å². The molecular weight excluding hydrogens is 316 g/mol. The number of benzene rings is 1. The molecule has 0 unspecified atom stereocenters. The van der Waals surface area contributed by atoms with Gasteiger partial charge in [0, 0.05) is 29.6 Å². The van der Waals surface area contributed by atoms with Crippen molar-refractivity contribution in [2.75, 3.05) is 23.8 Å². The van der Waals surface area contributed by atoms with Gasteiger partial charge in [-0.15, -0.1) is 0 Å². The number of fused-ring (bicyclic) bond motifs is 1. The van der Waals surface area contributed by atoms with Crippen molar-refractivity contribution in [3.05, 3.63) is 41.2 Å². The van der Waals surface area contributed by atoms with E-state index in [2.05, 4.69) is 30.6 Å². The van der Waals surface area contributed by atoms with E-state index < -0.39 is 0 Å². The van der Waals surface area contributed by atoms with Gasteiger partial charge >= 0.3 is 0 Å². The van der Waals surface area contributed by atoms with Crippen LogP contribution in [0.2, 0.25) is 5.02 Å². The number of nitrogens with one attached hydrogen (secondary N) is 2. The second-order valence-electron chi connectivity index (χ2n) is 4.86. The second kappa shape index (κ2) is 6.72. The standard InChI is InChI=1S/C15H15ClN6O/c1-9-2-3-10(8-11(9)16)20-14-12-13(18-5-4-17-12)21-15(22-14)19-6-7-23/h2-5,8,23H,6-7H2,1H3,(H2,18,19,20,21,22). The average Bonchev–Trinajstić information content (AvgIpc) is 2.56. The number of aliphatic hydroxyl groups is 1. The van der Waals surface area contributed by atoms with Crippen molar-refractivity contribution >= 4 is 40.2 Å². The van der Waals surface area contributed by atoms with Crippen LogP contribution in [0.5, 0.6) is 0 Å². The summed E-state index contributed by atoms with van der Waals surface area (Å²) in [6.07, 6.45) is 3.15. The Labute approximate surface area is 137 Å². The van der Waals surface area contributed by atoms with Crippen molar-refractivity contribution in [2.24, 2.45) is 0 Å². The highest BCUT2D eigenvalue weighted by molar-refractivity contribution is 6.31. The number of anilines is 3. The Bertz CT molecular complexity index is 841. The third-order valence-electron chi connectivity index (χ3n) is 3.16. The fraction of sp³-hybridized carbons (Fsp3) is 0.200. The van der Waals surface area contributed by atoms with E-state index in [1.54, 1.807) is 12.4 Å². The lowest BCUT2D eigenvalue weighted by Gasteiger charge is -2.11. The van der Waals surface area contributed by atoms with Gasteiger partial charge in [0.1, 0.15) is 0 Å². The zero-order chi connectivity index (χ0) is 16.2. The van der Waals surface area contributed by atoms with Gasteiger partial charge in [0.2, 0.25) is 5.95 Å². The molecule has 2 heterocycles. The molecule has 0 saturated heterocycles. The van der Waals surface area contributed by atoms with Crippen molar-refractivity contribution < 1.29 is 5.11 Å². The molecule has 0 saturated carbocycles. The first kappa shape index (κ1) is 15.4. The Morgan fingerprint density at radius 3 is 2.78 bits per heavy atom. The summed E-state index contributed by atoms with van der Waals surface area (Å²) in [4.78, 5) is 17.1. The molecular formula is C15H15ClN6O. The van der Waals surface area contributed by atoms with Crippen LogP contribution in [-0.4, -0.2) is 38.2 Å². The molecule has 0 bridgehead atoms. The number of aromatic nitrogens is 4. The largest absolute Gasteiger partial charge is 0.395 e. The normalized spacial score (nSPS) is 10.7. The van der Waals surface area contributed by atoms with E-state index in [0.717, 1.165) is 11.3 Å². The third-order valence-corrected chi connectivity index (χ3v) is 3.57. The van der Waals surface area contributed by atoms with E-state index in [1.807, 2.05) is 25.1 Å². The van der Waals surface area contributed by atoms with Gasteiger partial charge in [0.25, 0.3) is 0 Å². The van der Waals surface area contributed by atoms with Crippen molar-refractivity contribution in [3.63, 3.8) is 0 Å². The summed E-state index contributed by atoms with van der Waals surface area (Å²) < 4.78 is 0. The minimum atomic E-state index is -0.0157. The number of aliphatic hydroxyl groups excluding tert-OH is 1. The summed E-state index contributed by atoms with van der Waals surface area (Å²) in [6.45, 7) is 2.27. The number of nitrogens with zero attached hydrogens (tertiary/aromatic N) is 4. The van der Waals surface area contributed by atoms with E-state index in [9.17, 15) is 0 Å². The Kier molecular flexibility index (Phi) is 4.50. The zero-order valence-electron chi connectivity index (χ0n) is 12.4. The maximum absolute atomic E-state index is 8.93. The Morgan fingerprint density at radius 1 is 1.17 bits per heavy atom. The van der Waals surface area contributed by atoms with E-state index >= 15 is 0 Å². The molecule has 0 aliphatic heterocycles. The summed E-state index contributed by atoms with van der Waals surface area (Å²) in [5, 5.41) is 15.7. The fourth-order valence-electron chi connectivity index (χ4n) is 2.00. The number of rotatable bonds is 5. The van der Waals surface area contributed by atoms with Crippen LogP contribution >= 0.6 is 11.6 Å². The lowest BCUT2D eigenvalue weighted by molar-refractivity contribution is 0.311. The van der Waals surface area contributed by atoms with Gasteiger partial charge in [-0.3, -0.25) is 0 Å². The molecule has 3 N–H and O–H groups in total. The van der Waals surface area contributed by atoms with Crippen molar-refractivity contribution in [1.82, 2.24) is 19.9 Å². The van der Waals surface area contributed by atoms with Gasteiger partial charge in [0.15, 0.2) is 17.0 Å². The van der Waals surface area contributed by atoms with Crippen LogP contribution < -0.4 is 10.6 Å². The summed E-state index contributed by atoms with van der Waals surface area (Å²) in [6, 6.07) is 5.65. The van der Waals surface area contributed by atoms with Gasteiger partial charge in [-0.25, -0.2) is 9.97 Å². The first-order chi connectivity index (χ1) is 11.2. The molecule has 0 spiro atoms. The molecule has 0 atom stereocenters. The van der Waals surface area contributed by atoms with E-state index in [4.69, 9.17) is 16.7 Å². The molecule has 0 radical (unpaired) electrons. The summed E-state index contributed by atoms with van der Waals surface area (Å²) in [5.74, 6) is 0.885. The number of hydrogen-bond acceptors (Lipinski definition) is 7. The summed E-state index contributed by atoms with van der Waals surface area (Å²) >= 11 is 6.16. The average molecular weight is 331 g/mol. The number of aryl methyl sites for hydroxylation is 1. The smallest absolute Gasteiger partial charge is 0.226 e. The maximum atomic E-state index is 8.93. The predicted molar refractivity (Wildman–Crippen MR) is 90.2 cm³/mol. The minimum absolute atomic E-state index is 0.0157. The van der Waals surface area contributed by atoms with Crippen molar-refractivity contribution in [1.29, 1.82) is 0 Å². The lowest BCUT2D eigenvalue weighted by atomic mass is 10.2. The van der Waals surface area contributed by atoms with Crippen molar-refractivity contribution in [2.45, 2.75) is 6.92 Å². The quantitative estimate of drug-likeness (QED) is 0.661. The molecule has 0 fully saturated rings. The first-order valence-corrected chi connectivity index (χ1v) is 7.42. The summed E-state index contributed by atoms with van der Waals surface area (Å²) in [7, 11) is 0. The third kappa shape index (κ3) is 3.46. The zero-order valence-corrected chi connectivity index (χ0v) is 13.2. The van der Waals surface area contributed by atoms with Crippen molar-refractivity contribution in [3.8, 4) is 0 Å². The topological polar surface area (TPSA) is 95.9 Å². The fourth-order valence-corrected chi connectivity index (χ4v) is 2.19. The van der Waals surface area contributed by atoms with Crippen LogP contribution in [0.15, 0.2) is 30.6 Å². The van der Waals surface area contributed by atoms with Crippen LogP contribution in [0.1, 0.15) is 5.56 Å². The monoisotopic (exact) mass is 330 g/mol. The maximum Gasteiger partial charge on any atom is 0.226 e. The molecule has 8 heteroatoms. The van der Waals surface area contributed by atoms with Gasteiger partial charge in [0.05, 0.1) is 6.61 Å². The number of hydrogen-bond donors (Lipinski definition) is 3. The van der Waals surface area contributed by atoms with Crippen LogP contribution in [0.25, 0.3) is 11.2 Å².